The quantitative estimate of drug-likeness (QED) is 0.403. The topological polar surface area (TPSA) is 58.6 Å². The van der Waals surface area contributed by atoms with Crippen LogP contribution in [0.3, 0.4) is 0 Å². The normalized spacial score (nSPS) is 14.0. The molecule has 1 saturated heterocycles. The molecule has 3 aromatic rings. The van der Waals surface area contributed by atoms with Crippen LogP contribution < -0.4 is 10.1 Å². The molecular weight excluding hydrogens is 492 g/mol. The minimum absolute atomic E-state index is 0.0360. The largest absolute Gasteiger partial charge is 0.492 e. The molecule has 0 bridgehead atoms. The Labute approximate surface area is 209 Å². The second-order valence-corrected chi connectivity index (χ2v) is 9.56. The number of anilines is 1. The van der Waals surface area contributed by atoms with E-state index in [0.29, 0.717) is 39.6 Å². The van der Waals surface area contributed by atoms with E-state index in [-0.39, 0.29) is 11.8 Å². The maximum absolute atomic E-state index is 13.1. The number of benzene rings is 3. The summed E-state index contributed by atoms with van der Waals surface area (Å²) in [4.78, 5) is 27.9. The lowest BCUT2D eigenvalue weighted by atomic mass is 9.98. The molecule has 0 spiro atoms. The molecule has 34 heavy (non-hydrogen) atoms. The SMILES string of the molecule is CC1CCN(C(=O)c2ccccc2NC(=O)c2ccc(OCCc3ccccc3)c(Br)c2)CC1. The monoisotopic (exact) mass is 520 g/mol. The number of para-hydroxylation sites is 1. The van der Waals surface area contributed by atoms with Gasteiger partial charge in [-0.15, -0.1) is 0 Å². The van der Waals surface area contributed by atoms with Crippen LogP contribution in [0.4, 0.5) is 5.69 Å². The van der Waals surface area contributed by atoms with Gasteiger partial charge in [0.1, 0.15) is 5.75 Å². The Balaban J connectivity index is 1.40. The van der Waals surface area contributed by atoms with Crippen LogP contribution in [0, 0.1) is 5.92 Å². The van der Waals surface area contributed by atoms with Crippen molar-refractivity contribution in [2.24, 2.45) is 5.92 Å². The fourth-order valence-electron chi connectivity index (χ4n) is 4.04. The van der Waals surface area contributed by atoms with Crippen molar-refractivity contribution in [2.75, 3.05) is 25.0 Å². The first kappa shape index (κ1) is 24.0. The van der Waals surface area contributed by atoms with Gasteiger partial charge >= 0.3 is 0 Å². The molecule has 0 saturated carbocycles. The standard InChI is InChI=1S/C28H29BrN2O3/c1-20-13-16-31(17-14-20)28(33)23-9-5-6-10-25(23)30-27(32)22-11-12-26(24(29)19-22)34-18-15-21-7-3-2-4-8-21/h2-12,19-20H,13-18H2,1H3,(H,30,32). The van der Waals surface area contributed by atoms with Gasteiger partial charge in [0.15, 0.2) is 0 Å². The molecule has 0 atom stereocenters. The first-order chi connectivity index (χ1) is 16.5. The Morgan fingerprint density at radius 3 is 2.44 bits per heavy atom. The number of amides is 2. The smallest absolute Gasteiger partial charge is 0.255 e. The first-order valence-corrected chi connectivity index (χ1v) is 12.5. The summed E-state index contributed by atoms with van der Waals surface area (Å²) >= 11 is 3.52. The summed E-state index contributed by atoms with van der Waals surface area (Å²) in [6.45, 7) is 4.26. The fraction of sp³-hybridized carbons (Fsp3) is 0.286. The number of ether oxygens (including phenoxy) is 1. The molecule has 3 aromatic carbocycles. The summed E-state index contributed by atoms with van der Waals surface area (Å²) in [5, 5.41) is 2.92. The minimum atomic E-state index is -0.274. The number of hydrogen-bond donors (Lipinski definition) is 1. The van der Waals surface area contributed by atoms with E-state index in [9.17, 15) is 9.59 Å². The van der Waals surface area contributed by atoms with Gasteiger partial charge in [-0.25, -0.2) is 0 Å². The van der Waals surface area contributed by atoms with Gasteiger partial charge in [-0.05, 0) is 70.6 Å². The minimum Gasteiger partial charge on any atom is -0.492 e. The average molecular weight is 521 g/mol. The molecular formula is C28H29BrN2O3. The van der Waals surface area contributed by atoms with Crippen LogP contribution in [0.1, 0.15) is 46.0 Å². The molecule has 0 unspecified atom stereocenters. The van der Waals surface area contributed by atoms with Crippen LogP contribution in [-0.4, -0.2) is 36.4 Å². The van der Waals surface area contributed by atoms with Crippen molar-refractivity contribution < 1.29 is 14.3 Å². The maximum atomic E-state index is 13.1. The highest BCUT2D eigenvalue weighted by atomic mass is 79.9. The Kier molecular flexibility index (Phi) is 8.01. The van der Waals surface area contributed by atoms with Crippen LogP contribution in [0.15, 0.2) is 77.3 Å². The third-order valence-corrected chi connectivity index (χ3v) is 6.78. The lowest BCUT2D eigenvalue weighted by Gasteiger charge is -2.30. The third kappa shape index (κ3) is 6.06. The molecule has 4 rings (SSSR count). The van der Waals surface area contributed by atoms with Crippen molar-refractivity contribution in [2.45, 2.75) is 26.2 Å². The number of hydrogen-bond acceptors (Lipinski definition) is 3. The highest BCUT2D eigenvalue weighted by molar-refractivity contribution is 9.10. The third-order valence-electron chi connectivity index (χ3n) is 6.16. The Hall–Kier alpha value is -3.12. The van der Waals surface area contributed by atoms with Gasteiger partial charge in [0.2, 0.25) is 0 Å². The van der Waals surface area contributed by atoms with E-state index < -0.39 is 0 Å². The molecule has 0 aromatic heterocycles. The number of nitrogens with one attached hydrogen (secondary N) is 1. The molecule has 1 N–H and O–H groups in total. The van der Waals surface area contributed by atoms with Crippen LogP contribution in [0.2, 0.25) is 0 Å². The molecule has 0 aliphatic carbocycles. The van der Waals surface area contributed by atoms with Crippen LogP contribution in [0.5, 0.6) is 5.75 Å². The summed E-state index contributed by atoms with van der Waals surface area (Å²) in [5.41, 5.74) is 2.74. The second kappa shape index (κ2) is 11.3. The average Bonchev–Trinajstić information content (AvgIpc) is 2.86. The van der Waals surface area contributed by atoms with Crippen molar-refractivity contribution in [3.8, 4) is 5.75 Å². The maximum Gasteiger partial charge on any atom is 0.255 e. The molecule has 5 nitrogen and oxygen atoms in total. The number of likely N-dealkylation sites (tertiary alicyclic amines) is 1. The van der Waals surface area contributed by atoms with Gasteiger partial charge in [-0.2, -0.15) is 0 Å². The van der Waals surface area contributed by atoms with Crippen molar-refractivity contribution in [3.05, 3.63) is 94.0 Å². The van der Waals surface area contributed by atoms with Gasteiger partial charge in [0, 0.05) is 25.1 Å². The van der Waals surface area contributed by atoms with Crippen molar-refractivity contribution in [1.29, 1.82) is 0 Å². The lowest BCUT2D eigenvalue weighted by Crippen LogP contribution is -2.38. The van der Waals surface area contributed by atoms with Gasteiger partial charge in [0.05, 0.1) is 22.3 Å². The van der Waals surface area contributed by atoms with Gasteiger partial charge in [0.25, 0.3) is 11.8 Å². The van der Waals surface area contributed by atoms with E-state index in [2.05, 4.69) is 40.3 Å². The molecule has 1 aliphatic rings. The van der Waals surface area contributed by atoms with Crippen LogP contribution >= 0.6 is 15.9 Å². The molecule has 1 aliphatic heterocycles. The fourth-order valence-corrected chi connectivity index (χ4v) is 4.53. The van der Waals surface area contributed by atoms with Crippen molar-refractivity contribution >= 4 is 33.4 Å². The van der Waals surface area contributed by atoms with Gasteiger partial charge in [-0.1, -0.05) is 49.4 Å². The van der Waals surface area contributed by atoms with E-state index in [0.717, 1.165) is 32.4 Å². The zero-order valence-electron chi connectivity index (χ0n) is 19.3. The molecule has 1 fully saturated rings. The predicted molar refractivity (Wildman–Crippen MR) is 138 cm³/mol. The predicted octanol–water partition coefficient (Wildman–Crippen LogP) is 6.20. The van der Waals surface area contributed by atoms with E-state index in [1.54, 1.807) is 30.3 Å². The Bertz CT molecular complexity index is 1140. The number of carbonyl (C=O) groups excluding carboxylic acids is 2. The molecule has 1 heterocycles. The highest BCUT2D eigenvalue weighted by Crippen LogP contribution is 2.27. The first-order valence-electron chi connectivity index (χ1n) is 11.7. The summed E-state index contributed by atoms with van der Waals surface area (Å²) in [7, 11) is 0. The van der Waals surface area contributed by atoms with E-state index >= 15 is 0 Å². The van der Waals surface area contributed by atoms with Crippen molar-refractivity contribution in [1.82, 2.24) is 4.90 Å². The molecule has 176 valence electrons. The van der Waals surface area contributed by atoms with E-state index in [4.69, 9.17) is 4.74 Å². The Morgan fingerprint density at radius 2 is 1.71 bits per heavy atom. The van der Waals surface area contributed by atoms with E-state index in [1.165, 1.54) is 5.56 Å². The number of carbonyl (C=O) groups is 2. The molecule has 0 radical (unpaired) electrons. The number of nitrogens with zero attached hydrogens (tertiary/aromatic N) is 1. The zero-order valence-corrected chi connectivity index (χ0v) is 20.9. The summed E-state index contributed by atoms with van der Waals surface area (Å²) in [6, 6.07) is 22.6. The summed E-state index contributed by atoms with van der Waals surface area (Å²) in [5.74, 6) is 1.01. The van der Waals surface area contributed by atoms with Gasteiger partial charge in [-0.3, -0.25) is 9.59 Å². The van der Waals surface area contributed by atoms with Crippen molar-refractivity contribution in [3.63, 3.8) is 0 Å². The van der Waals surface area contributed by atoms with Gasteiger partial charge < -0.3 is 15.0 Å². The number of rotatable bonds is 7. The molecule has 2 amide bonds. The number of halogens is 1. The Morgan fingerprint density at radius 1 is 1.00 bits per heavy atom. The van der Waals surface area contributed by atoms with E-state index in [1.807, 2.05) is 35.2 Å². The van der Waals surface area contributed by atoms with Crippen LogP contribution in [-0.2, 0) is 6.42 Å². The van der Waals surface area contributed by atoms with Crippen LogP contribution in [0.25, 0.3) is 0 Å². The lowest BCUT2D eigenvalue weighted by molar-refractivity contribution is 0.0698. The zero-order chi connectivity index (χ0) is 23.9. The highest BCUT2D eigenvalue weighted by Gasteiger charge is 2.24. The summed E-state index contributed by atoms with van der Waals surface area (Å²) in [6.07, 6.45) is 2.82. The molecule has 6 heteroatoms. The number of piperidine rings is 1. The summed E-state index contributed by atoms with van der Waals surface area (Å²) < 4.78 is 6.60. The second-order valence-electron chi connectivity index (χ2n) is 8.70.